The largest absolute Gasteiger partial charge is 0.399 e. The van der Waals surface area contributed by atoms with Crippen LogP contribution in [-0.2, 0) is 12.8 Å². The summed E-state index contributed by atoms with van der Waals surface area (Å²) in [5.74, 6) is -0.481. The topological polar surface area (TPSA) is 86.9 Å². The van der Waals surface area contributed by atoms with Gasteiger partial charge in [-0.3, -0.25) is 4.79 Å². The Labute approximate surface area is 112 Å². The number of anilines is 1. The van der Waals surface area contributed by atoms with Gasteiger partial charge in [0.05, 0.1) is 16.9 Å². The number of carbonyl (C=O) groups is 1. The maximum atomic E-state index is 11.5. The maximum Gasteiger partial charge on any atom is 0.250 e. The number of aryl methyl sites for hydroxylation is 2. The van der Waals surface area contributed by atoms with Crippen molar-refractivity contribution in [1.29, 1.82) is 0 Å². The normalized spacial score (nSPS) is 10.6. The Morgan fingerprint density at radius 1 is 1.26 bits per heavy atom. The Balaban J connectivity index is 2.66. The fourth-order valence-corrected chi connectivity index (χ4v) is 2.04. The molecule has 0 saturated heterocycles. The van der Waals surface area contributed by atoms with E-state index in [9.17, 15) is 4.79 Å². The molecule has 100 valence electrons. The molecular formula is C14H18N4O. The number of rotatable bonds is 4. The number of amides is 1. The molecular weight excluding hydrogens is 240 g/mol. The summed E-state index contributed by atoms with van der Waals surface area (Å²) in [6.45, 7) is 4.09. The fourth-order valence-electron chi connectivity index (χ4n) is 2.04. The van der Waals surface area contributed by atoms with Crippen LogP contribution in [0.1, 0.15) is 35.6 Å². The minimum atomic E-state index is -0.481. The SMILES string of the molecule is CCc1cc(CC)n(-c2cc(N)ccc2C(N)=O)n1. The van der Waals surface area contributed by atoms with Gasteiger partial charge in [0.15, 0.2) is 0 Å². The fraction of sp³-hybridized carbons (Fsp3) is 0.286. The van der Waals surface area contributed by atoms with Crippen LogP contribution in [0.2, 0.25) is 0 Å². The number of nitrogen functional groups attached to an aromatic ring is 1. The lowest BCUT2D eigenvalue weighted by molar-refractivity contribution is 0.1000. The van der Waals surface area contributed by atoms with Gasteiger partial charge in [0.2, 0.25) is 0 Å². The van der Waals surface area contributed by atoms with E-state index < -0.39 is 5.91 Å². The van der Waals surface area contributed by atoms with Crippen LogP contribution in [-0.4, -0.2) is 15.7 Å². The first-order valence-corrected chi connectivity index (χ1v) is 6.34. The van der Waals surface area contributed by atoms with Crippen LogP contribution in [0.15, 0.2) is 24.3 Å². The number of nitrogens with zero attached hydrogens (tertiary/aromatic N) is 2. The first-order chi connectivity index (χ1) is 9.06. The van der Waals surface area contributed by atoms with Crippen molar-refractivity contribution >= 4 is 11.6 Å². The molecule has 5 nitrogen and oxygen atoms in total. The van der Waals surface area contributed by atoms with Gasteiger partial charge in [0.25, 0.3) is 5.91 Å². The molecule has 0 saturated carbocycles. The first-order valence-electron chi connectivity index (χ1n) is 6.34. The molecule has 4 N–H and O–H groups in total. The molecule has 0 bridgehead atoms. The van der Waals surface area contributed by atoms with Gasteiger partial charge >= 0.3 is 0 Å². The van der Waals surface area contributed by atoms with Crippen molar-refractivity contribution in [3.8, 4) is 5.69 Å². The predicted octanol–water partition coefficient (Wildman–Crippen LogP) is 1.68. The number of carbonyl (C=O) groups excluding carboxylic acids is 1. The number of primary amides is 1. The van der Waals surface area contributed by atoms with E-state index in [0.717, 1.165) is 24.2 Å². The molecule has 0 spiro atoms. The summed E-state index contributed by atoms with van der Waals surface area (Å²) in [4.78, 5) is 11.5. The third-order valence-corrected chi connectivity index (χ3v) is 3.07. The van der Waals surface area contributed by atoms with Gasteiger partial charge in [0, 0.05) is 11.4 Å². The predicted molar refractivity (Wildman–Crippen MR) is 75.3 cm³/mol. The van der Waals surface area contributed by atoms with Gasteiger partial charge in [-0.1, -0.05) is 13.8 Å². The van der Waals surface area contributed by atoms with Crippen LogP contribution in [0.3, 0.4) is 0 Å². The average Bonchev–Trinajstić information content (AvgIpc) is 2.81. The number of hydrogen-bond donors (Lipinski definition) is 2. The van der Waals surface area contributed by atoms with Crippen molar-refractivity contribution in [2.45, 2.75) is 26.7 Å². The highest BCUT2D eigenvalue weighted by Crippen LogP contribution is 2.20. The van der Waals surface area contributed by atoms with Crippen LogP contribution in [0.25, 0.3) is 5.69 Å². The Hall–Kier alpha value is -2.30. The number of aromatic nitrogens is 2. The van der Waals surface area contributed by atoms with Crippen LogP contribution in [0.4, 0.5) is 5.69 Å². The third-order valence-electron chi connectivity index (χ3n) is 3.07. The Bertz CT molecular complexity index is 616. The van der Waals surface area contributed by atoms with Crippen molar-refractivity contribution < 1.29 is 4.79 Å². The van der Waals surface area contributed by atoms with Gasteiger partial charge in [-0.2, -0.15) is 5.10 Å². The summed E-state index contributed by atoms with van der Waals surface area (Å²) in [7, 11) is 0. The smallest absolute Gasteiger partial charge is 0.250 e. The maximum absolute atomic E-state index is 11.5. The molecule has 5 heteroatoms. The van der Waals surface area contributed by atoms with E-state index in [2.05, 4.69) is 5.10 Å². The molecule has 19 heavy (non-hydrogen) atoms. The minimum absolute atomic E-state index is 0.426. The van der Waals surface area contributed by atoms with Crippen LogP contribution >= 0.6 is 0 Å². The zero-order valence-corrected chi connectivity index (χ0v) is 11.2. The third kappa shape index (κ3) is 2.45. The molecule has 0 aliphatic heterocycles. The quantitative estimate of drug-likeness (QED) is 0.818. The molecule has 0 aliphatic rings. The highest BCUT2D eigenvalue weighted by atomic mass is 16.1. The first kappa shape index (κ1) is 13.1. The van der Waals surface area contributed by atoms with Gasteiger partial charge in [-0.05, 0) is 37.1 Å². The van der Waals surface area contributed by atoms with Crippen molar-refractivity contribution in [2.75, 3.05) is 5.73 Å². The second kappa shape index (κ2) is 5.14. The number of benzene rings is 1. The molecule has 0 radical (unpaired) electrons. The minimum Gasteiger partial charge on any atom is -0.399 e. The average molecular weight is 258 g/mol. The molecule has 1 amide bonds. The van der Waals surface area contributed by atoms with E-state index in [0.29, 0.717) is 16.9 Å². The Kier molecular flexibility index (Phi) is 3.55. The van der Waals surface area contributed by atoms with E-state index >= 15 is 0 Å². The molecule has 0 atom stereocenters. The van der Waals surface area contributed by atoms with E-state index in [-0.39, 0.29) is 0 Å². The monoisotopic (exact) mass is 258 g/mol. The van der Waals surface area contributed by atoms with Crippen molar-refractivity contribution in [1.82, 2.24) is 9.78 Å². The molecule has 0 aliphatic carbocycles. The summed E-state index contributed by atoms with van der Waals surface area (Å²) in [5, 5.41) is 4.51. The van der Waals surface area contributed by atoms with Gasteiger partial charge < -0.3 is 11.5 Å². The van der Waals surface area contributed by atoms with E-state index in [1.165, 1.54) is 0 Å². The van der Waals surface area contributed by atoms with E-state index in [4.69, 9.17) is 11.5 Å². The van der Waals surface area contributed by atoms with Crippen molar-refractivity contribution in [3.05, 3.63) is 41.2 Å². The van der Waals surface area contributed by atoms with Gasteiger partial charge in [-0.15, -0.1) is 0 Å². The number of hydrogen-bond acceptors (Lipinski definition) is 3. The Morgan fingerprint density at radius 2 is 2.00 bits per heavy atom. The number of nitrogens with two attached hydrogens (primary N) is 2. The van der Waals surface area contributed by atoms with Crippen LogP contribution < -0.4 is 11.5 Å². The molecule has 0 unspecified atom stereocenters. The molecule has 2 aromatic rings. The van der Waals surface area contributed by atoms with Crippen LogP contribution in [0.5, 0.6) is 0 Å². The lowest BCUT2D eigenvalue weighted by Crippen LogP contribution is -2.16. The summed E-state index contributed by atoms with van der Waals surface area (Å²) in [5.41, 5.74) is 14.9. The van der Waals surface area contributed by atoms with E-state index in [1.54, 1.807) is 22.9 Å². The van der Waals surface area contributed by atoms with Crippen molar-refractivity contribution in [3.63, 3.8) is 0 Å². The summed E-state index contributed by atoms with van der Waals surface area (Å²) < 4.78 is 1.76. The molecule has 1 aromatic carbocycles. The molecule has 1 heterocycles. The lowest BCUT2D eigenvalue weighted by atomic mass is 10.1. The summed E-state index contributed by atoms with van der Waals surface area (Å²) in [6.07, 6.45) is 1.66. The molecule has 2 rings (SSSR count). The highest BCUT2D eigenvalue weighted by Gasteiger charge is 2.14. The highest BCUT2D eigenvalue weighted by molar-refractivity contribution is 5.97. The zero-order chi connectivity index (χ0) is 14.0. The standard InChI is InChI=1S/C14H18N4O/c1-3-10-8-11(4-2)18(17-10)13-7-9(15)5-6-12(13)14(16)19/h5-8H,3-4,15H2,1-2H3,(H2,16,19). The lowest BCUT2D eigenvalue weighted by Gasteiger charge is -2.10. The van der Waals surface area contributed by atoms with Crippen molar-refractivity contribution in [2.24, 2.45) is 5.73 Å². The second-order valence-corrected chi connectivity index (χ2v) is 4.39. The van der Waals surface area contributed by atoms with Gasteiger partial charge in [0.1, 0.15) is 0 Å². The van der Waals surface area contributed by atoms with Gasteiger partial charge in [-0.25, -0.2) is 4.68 Å². The Morgan fingerprint density at radius 3 is 2.58 bits per heavy atom. The summed E-state index contributed by atoms with van der Waals surface area (Å²) >= 11 is 0. The second-order valence-electron chi connectivity index (χ2n) is 4.39. The molecule has 1 aromatic heterocycles. The van der Waals surface area contributed by atoms with Crippen LogP contribution in [0, 0.1) is 0 Å². The zero-order valence-electron chi connectivity index (χ0n) is 11.2. The molecule has 0 fully saturated rings. The van der Waals surface area contributed by atoms with E-state index in [1.807, 2.05) is 19.9 Å². The summed E-state index contributed by atoms with van der Waals surface area (Å²) in [6, 6.07) is 7.07.